The van der Waals surface area contributed by atoms with Gasteiger partial charge in [0, 0.05) is 39.3 Å². The van der Waals surface area contributed by atoms with Crippen LogP contribution in [0.25, 0.3) is 0 Å². The summed E-state index contributed by atoms with van der Waals surface area (Å²) in [5.74, 6) is 0. The summed E-state index contributed by atoms with van der Waals surface area (Å²) in [5.41, 5.74) is 0. The highest BCUT2D eigenvalue weighted by atomic mass is 16.5. The molecule has 0 rings (SSSR count). The molecular formula is C19H42N2O6. The van der Waals surface area contributed by atoms with Crippen LogP contribution in [0.4, 0.5) is 0 Å². The monoisotopic (exact) mass is 394 g/mol. The summed E-state index contributed by atoms with van der Waals surface area (Å²) in [6, 6.07) is 0. The SMILES string of the molecule is CCC(O)CN(CCOCCOCCN(CC(C)O)CC(C)O)CC(C)O. The van der Waals surface area contributed by atoms with E-state index in [1.165, 1.54) is 0 Å². The number of ether oxygens (including phenoxy) is 2. The molecule has 0 radical (unpaired) electrons. The Labute approximate surface area is 164 Å². The largest absolute Gasteiger partial charge is 0.392 e. The maximum atomic E-state index is 9.78. The molecule has 0 aromatic carbocycles. The van der Waals surface area contributed by atoms with Gasteiger partial charge in [-0.3, -0.25) is 9.80 Å². The van der Waals surface area contributed by atoms with Crippen molar-refractivity contribution in [3.8, 4) is 0 Å². The quantitative estimate of drug-likeness (QED) is 0.231. The van der Waals surface area contributed by atoms with Crippen molar-refractivity contribution in [1.82, 2.24) is 9.80 Å². The first-order valence-electron chi connectivity index (χ1n) is 10.1. The number of hydrogen-bond acceptors (Lipinski definition) is 8. The fraction of sp³-hybridized carbons (Fsp3) is 1.00. The van der Waals surface area contributed by atoms with Crippen molar-refractivity contribution in [2.24, 2.45) is 0 Å². The summed E-state index contributed by atoms with van der Waals surface area (Å²) < 4.78 is 11.1. The molecule has 0 heterocycles. The number of hydrogen-bond donors (Lipinski definition) is 4. The third kappa shape index (κ3) is 17.5. The van der Waals surface area contributed by atoms with Crippen molar-refractivity contribution in [3.63, 3.8) is 0 Å². The minimum atomic E-state index is -0.442. The molecule has 0 aliphatic carbocycles. The van der Waals surface area contributed by atoms with E-state index in [9.17, 15) is 20.4 Å². The Morgan fingerprint density at radius 2 is 1.00 bits per heavy atom. The van der Waals surface area contributed by atoms with E-state index in [1.807, 2.05) is 16.7 Å². The molecule has 0 aliphatic heterocycles. The predicted molar refractivity (Wildman–Crippen MR) is 106 cm³/mol. The molecular weight excluding hydrogens is 352 g/mol. The average Bonchev–Trinajstić information content (AvgIpc) is 2.55. The van der Waals surface area contributed by atoms with Gasteiger partial charge in [-0.15, -0.1) is 0 Å². The molecule has 0 saturated heterocycles. The molecule has 8 nitrogen and oxygen atoms in total. The first-order valence-corrected chi connectivity index (χ1v) is 10.1. The minimum absolute atomic E-state index is 0.390. The van der Waals surface area contributed by atoms with Gasteiger partial charge in [-0.2, -0.15) is 0 Å². The lowest BCUT2D eigenvalue weighted by atomic mass is 10.2. The van der Waals surface area contributed by atoms with Crippen molar-refractivity contribution in [3.05, 3.63) is 0 Å². The molecule has 4 unspecified atom stereocenters. The van der Waals surface area contributed by atoms with Crippen molar-refractivity contribution < 1.29 is 29.9 Å². The lowest BCUT2D eigenvalue weighted by Crippen LogP contribution is -2.39. The molecule has 0 fully saturated rings. The van der Waals surface area contributed by atoms with Crippen LogP contribution in [0, 0.1) is 0 Å². The van der Waals surface area contributed by atoms with E-state index in [1.54, 1.807) is 20.8 Å². The van der Waals surface area contributed by atoms with Crippen LogP contribution in [0.2, 0.25) is 0 Å². The minimum Gasteiger partial charge on any atom is -0.392 e. The molecule has 0 aliphatic rings. The van der Waals surface area contributed by atoms with Crippen LogP contribution < -0.4 is 0 Å². The molecule has 0 amide bonds. The van der Waals surface area contributed by atoms with Crippen molar-refractivity contribution in [2.45, 2.75) is 58.5 Å². The molecule has 8 heteroatoms. The third-order valence-corrected chi connectivity index (χ3v) is 3.98. The van der Waals surface area contributed by atoms with Crippen LogP contribution >= 0.6 is 0 Å². The second-order valence-electron chi connectivity index (χ2n) is 7.35. The van der Waals surface area contributed by atoms with Gasteiger partial charge in [-0.1, -0.05) is 6.92 Å². The summed E-state index contributed by atoms with van der Waals surface area (Å²) in [5, 5.41) is 38.3. The highest BCUT2D eigenvalue weighted by Crippen LogP contribution is 1.99. The second kappa shape index (κ2) is 16.6. The summed E-state index contributed by atoms with van der Waals surface area (Å²) in [7, 11) is 0. The van der Waals surface area contributed by atoms with Gasteiger partial charge in [0.2, 0.25) is 0 Å². The maximum Gasteiger partial charge on any atom is 0.0701 e. The van der Waals surface area contributed by atoms with Gasteiger partial charge in [-0.05, 0) is 27.2 Å². The Kier molecular flexibility index (Phi) is 16.4. The molecule has 0 bridgehead atoms. The Hall–Kier alpha value is -0.320. The zero-order valence-electron chi connectivity index (χ0n) is 17.6. The molecule has 27 heavy (non-hydrogen) atoms. The van der Waals surface area contributed by atoms with E-state index >= 15 is 0 Å². The highest BCUT2D eigenvalue weighted by Gasteiger charge is 2.13. The lowest BCUT2D eigenvalue weighted by Gasteiger charge is -2.26. The van der Waals surface area contributed by atoms with Gasteiger partial charge >= 0.3 is 0 Å². The van der Waals surface area contributed by atoms with Gasteiger partial charge in [0.05, 0.1) is 50.8 Å². The van der Waals surface area contributed by atoms with E-state index in [0.717, 1.165) is 0 Å². The molecule has 4 N–H and O–H groups in total. The Morgan fingerprint density at radius 1 is 0.630 bits per heavy atom. The molecule has 0 spiro atoms. The van der Waals surface area contributed by atoms with Gasteiger partial charge in [0.15, 0.2) is 0 Å². The number of rotatable bonds is 18. The smallest absolute Gasteiger partial charge is 0.0701 e. The maximum absolute atomic E-state index is 9.78. The van der Waals surface area contributed by atoms with Crippen LogP contribution in [-0.2, 0) is 9.47 Å². The van der Waals surface area contributed by atoms with Crippen molar-refractivity contribution >= 4 is 0 Å². The fourth-order valence-corrected chi connectivity index (χ4v) is 2.77. The third-order valence-electron chi connectivity index (χ3n) is 3.98. The van der Waals surface area contributed by atoms with Gasteiger partial charge in [0.1, 0.15) is 0 Å². The van der Waals surface area contributed by atoms with E-state index in [0.29, 0.717) is 72.1 Å². The summed E-state index contributed by atoms with van der Waals surface area (Å²) in [4.78, 5) is 3.98. The highest BCUT2D eigenvalue weighted by molar-refractivity contribution is 4.66. The van der Waals surface area contributed by atoms with Crippen LogP contribution in [0.1, 0.15) is 34.1 Å². The molecule has 0 saturated carbocycles. The summed E-state index contributed by atoms with van der Waals surface area (Å²) in [6.45, 7) is 12.5. The zero-order chi connectivity index (χ0) is 20.7. The van der Waals surface area contributed by atoms with Crippen LogP contribution in [0.3, 0.4) is 0 Å². The van der Waals surface area contributed by atoms with E-state index in [2.05, 4.69) is 0 Å². The first-order chi connectivity index (χ1) is 12.7. The molecule has 164 valence electrons. The van der Waals surface area contributed by atoms with E-state index in [4.69, 9.17) is 9.47 Å². The molecule has 0 aromatic heterocycles. The van der Waals surface area contributed by atoms with E-state index in [-0.39, 0.29) is 0 Å². The number of aliphatic hydroxyl groups is 4. The Bertz CT molecular complexity index is 321. The van der Waals surface area contributed by atoms with Gasteiger partial charge in [-0.25, -0.2) is 0 Å². The van der Waals surface area contributed by atoms with Crippen molar-refractivity contribution in [2.75, 3.05) is 65.7 Å². The topological polar surface area (TPSA) is 106 Å². The number of aliphatic hydroxyl groups excluding tert-OH is 4. The summed E-state index contributed by atoms with van der Waals surface area (Å²) in [6.07, 6.45) is -1.03. The second-order valence-corrected chi connectivity index (χ2v) is 7.35. The Balaban J connectivity index is 3.83. The van der Waals surface area contributed by atoms with Gasteiger partial charge < -0.3 is 29.9 Å². The molecule has 0 aromatic rings. The first kappa shape index (κ1) is 26.7. The van der Waals surface area contributed by atoms with Gasteiger partial charge in [0.25, 0.3) is 0 Å². The normalized spacial score (nSPS) is 16.7. The van der Waals surface area contributed by atoms with Crippen molar-refractivity contribution in [1.29, 1.82) is 0 Å². The van der Waals surface area contributed by atoms with Crippen LogP contribution in [0.5, 0.6) is 0 Å². The Morgan fingerprint density at radius 3 is 1.33 bits per heavy atom. The summed E-state index contributed by atoms with van der Waals surface area (Å²) >= 11 is 0. The average molecular weight is 395 g/mol. The zero-order valence-corrected chi connectivity index (χ0v) is 17.6. The molecule has 4 atom stereocenters. The van der Waals surface area contributed by atoms with Crippen LogP contribution in [-0.4, -0.2) is 120 Å². The van der Waals surface area contributed by atoms with E-state index < -0.39 is 24.4 Å². The standard InChI is InChI=1S/C19H42N2O6/c1-5-19(25)15-21(14-18(4)24)7-9-27-11-10-26-8-6-20(12-16(2)22)13-17(3)23/h16-19,22-25H,5-15H2,1-4H3. The number of nitrogens with zero attached hydrogens (tertiary/aromatic N) is 2. The fourth-order valence-electron chi connectivity index (χ4n) is 2.77. The predicted octanol–water partition coefficient (Wildman–Crippen LogP) is -0.463. The van der Waals surface area contributed by atoms with Crippen LogP contribution in [0.15, 0.2) is 0 Å². The lowest BCUT2D eigenvalue weighted by molar-refractivity contribution is 0.0120.